The Labute approximate surface area is 242 Å². The van der Waals surface area contributed by atoms with Gasteiger partial charge in [0.25, 0.3) is 11.8 Å². The van der Waals surface area contributed by atoms with Gasteiger partial charge < -0.3 is 30.3 Å². The number of carboxylic acids is 2. The van der Waals surface area contributed by atoms with Crippen LogP contribution in [0.15, 0.2) is 46.2 Å². The highest BCUT2D eigenvalue weighted by Crippen LogP contribution is 2.43. The summed E-state index contributed by atoms with van der Waals surface area (Å²) >= 11 is 0. The van der Waals surface area contributed by atoms with Gasteiger partial charge in [-0.3, -0.25) is 9.59 Å². The molecule has 0 aromatic heterocycles. The van der Waals surface area contributed by atoms with E-state index in [1.807, 2.05) is 27.7 Å². The van der Waals surface area contributed by atoms with E-state index in [-0.39, 0.29) is 35.8 Å². The summed E-state index contributed by atoms with van der Waals surface area (Å²) in [4.78, 5) is 50.7. The van der Waals surface area contributed by atoms with Gasteiger partial charge in [0, 0.05) is 9.79 Å². The molecule has 2 unspecified atom stereocenters. The molecule has 2 atom stereocenters. The van der Waals surface area contributed by atoms with E-state index in [2.05, 4.69) is 10.6 Å². The Kier molecular flexibility index (Phi) is 12.7. The van der Waals surface area contributed by atoms with Crippen molar-refractivity contribution in [2.75, 3.05) is 14.2 Å². The van der Waals surface area contributed by atoms with Crippen molar-refractivity contribution in [1.82, 2.24) is 10.6 Å². The van der Waals surface area contributed by atoms with Crippen molar-refractivity contribution in [3.8, 4) is 11.5 Å². The molecule has 2 aromatic rings. The number of amides is 2. The number of ether oxygens (including phenoxy) is 2. The maximum atomic E-state index is 13.1. The number of hydrogen-bond acceptors (Lipinski definition) is 8. The van der Waals surface area contributed by atoms with Crippen molar-refractivity contribution in [3.63, 3.8) is 0 Å². The molecule has 12 heteroatoms. The number of aliphatic carboxylic acids is 2. The second kappa shape index (κ2) is 15.4. The van der Waals surface area contributed by atoms with E-state index >= 15 is 0 Å². The van der Waals surface area contributed by atoms with Crippen LogP contribution in [0.1, 0.15) is 61.3 Å². The molecule has 0 saturated heterocycles. The van der Waals surface area contributed by atoms with Gasteiger partial charge in [-0.15, -0.1) is 0 Å². The van der Waals surface area contributed by atoms with Crippen LogP contribution >= 0.6 is 21.6 Å². The fraction of sp³-hybridized carbons (Fsp3) is 0.429. The molecule has 0 heterocycles. The summed E-state index contributed by atoms with van der Waals surface area (Å²) in [5.41, 5.74) is 0.482. The second-order valence-electron chi connectivity index (χ2n) is 9.88. The van der Waals surface area contributed by atoms with Crippen molar-refractivity contribution in [2.45, 2.75) is 62.4 Å². The van der Waals surface area contributed by atoms with E-state index in [9.17, 15) is 29.4 Å². The van der Waals surface area contributed by atoms with Crippen LogP contribution < -0.4 is 20.1 Å². The number of rotatable bonds is 15. The fourth-order valence-corrected chi connectivity index (χ4v) is 6.10. The minimum Gasteiger partial charge on any atom is -0.497 e. The highest BCUT2D eigenvalue weighted by atomic mass is 33.1. The Balaban J connectivity index is 2.38. The zero-order chi connectivity index (χ0) is 30.0. The summed E-state index contributed by atoms with van der Waals surface area (Å²) in [6, 6.07) is 7.49. The highest BCUT2D eigenvalue weighted by Gasteiger charge is 2.25. The molecule has 4 N–H and O–H groups in total. The van der Waals surface area contributed by atoms with Crippen LogP contribution in [0.5, 0.6) is 11.5 Å². The monoisotopic (exact) mass is 592 g/mol. The van der Waals surface area contributed by atoms with E-state index < -0.39 is 35.8 Å². The van der Waals surface area contributed by atoms with Crippen molar-refractivity contribution in [3.05, 3.63) is 47.5 Å². The first-order valence-corrected chi connectivity index (χ1v) is 14.8. The molecule has 40 heavy (non-hydrogen) atoms. The maximum Gasteiger partial charge on any atom is 0.326 e. The van der Waals surface area contributed by atoms with E-state index in [0.717, 1.165) is 0 Å². The van der Waals surface area contributed by atoms with Crippen molar-refractivity contribution < 1.29 is 38.9 Å². The van der Waals surface area contributed by atoms with E-state index in [0.29, 0.717) is 21.3 Å². The van der Waals surface area contributed by atoms with Crippen molar-refractivity contribution in [1.29, 1.82) is 0 Å². The molecular formula is C28H36N2O8S2. The Morgan fingerprint density at radius 1 is 0.700 bits per heavy atom. The minimum absolute atomic E-state index is 0.0561. The molecule has 10 nitrogen and oxygen atoms in total. The Hall–Kier alpha value is -3.38. The first kappa shape index (κ1) is 32.8. The van der Waals surface area contributed by atoms with E-state index in [1.54, 1.807) is 36.4 Å². The molecule has 0 bridgehead atoms. The molecule has 0 aliphatic carbocycles. The largest absolute Gasteiger partial charge is 0.497 e. The van der Waals surface area contributed by atoms with Gasteiger partial charge in [-0.25, -0.2) is 9.59 Å². The number of carbonyl (C=O) groups excluding carboxylic acids is 2. The summed E-state index contributed by atoms with van der Waals surface area (Å²) < 4.78 is 10.6. The molecule has 0 spiro atoms. The summed E-state index contributed by atoms with van der Waals surface area (Å²) in [6.45, 7) is 7.49. The first-order valence-electron chi connectivity index (χ1n) is 12.6. The van der Waals surface area contributed by atoms with Gasteiger partial charge in [0.1, 0.15) is 23.6 Å². The lowest BCUT2D eigenvalue weighted by molar-refractivity contribution is -0.140. The van der Waals surface area contributed by atoms with E-state index in [4.69, 9.17) is 9.47 Å². The quantitative estimate of drug-likeness (QED) is 0.209. The Morgan fingerprint density at radius 2 is 1.05 bits per heavy atom. The SMILES string of the molecule is COc1ccc(C(=O)NC(CC(C)C)C(=O)O)c(SSc2cc(OC)ccc2C(=O)NC(CC(C)C)C(=O)O)c1. The molecule has 0 aliphatic rings. The third-order valence-corrected chi connectivity index (χ3v) is 8.15. The van der Waals surface area contributed by atoms with Crippen LogP contribution in [0, 0.1) is 11.8 Å². The van der Waals surface area contributed by atoms with Gasteiger partial charge in [0.15, 0.2) is 0 Å². The number of carbonyl (C=O) groups is 4. The zero-order valence-electron chi connectivity index (χ0n) is 23.3. The van der Waals surface area contributed by atoms with Crippen LogP contribution in [0.2, 0.25) is 0 Å². The van der Waals surface area contributed by atoms with Crippen LogP contribution in [0.4, 0.5) is 0 Å². The summed E-state index contributed by atoms with van der Waals surface area (Å²) in [7, 11) is 5.31. The highest BCUT2D eigenvalue weighted by molar-refractivity contribution is 8.76. The molecule has 218 valence electrons. The van der Waals surface area contributed by atoms with Crippen molar-refractivity contribution in [2.24, 2.45) is 11.8 Å². The van der Waals surface area contributed by atoms with Crippen LogP contribution in [-0.4, -0.2) is 60.3 Å². The normalized spacial score (nSPS) is 12.5. The van der Waals surface area contributed by atoms with E-state index in [1.165, 1.54) is 35.8 Å². The molecule has 2 rings (SSSR count). The molecule has 2 amide bonds. The topological polar surface area (TPSA) is 151 Å². The third-order valence-electron chi connectivity index (χ3n) is 5.71. The van der Waals surface area contributed by atoms with Gasteiger partial charge in [0.2, 0.25) is 0 Å². The number of methoxy groups -OCH3 is 2. The molecule has 2 aromatic carbocycles. The van der Waals surface area contributed by atoms with Crippen LogP contribution in [0.3, 0.4) is 0 Å². The van der Waals surface area contributed by atoms with Gasteiger partial charge in [0.05, 0.1) is 25.3 Å². The molecule has 0 saturated carbocycles. The number of nitrogens with one attached hydrogen (secondary N) is 2. The smallest absolute Gasteiger partial charge is 0.326 e. The molecule has 0 aliphatic heterocycles. The zero-order valence-corrected chi connectivity index (χ0v) is 25.0. The van der Waals surface area contributed by atoms with Gasteiger partial charge >= 0.3 is 11.9 Å². The molecule has 0 fully saturated rings. The predicted molar refractivity (Wildman–Crippen MR) is 154 cm³/mol. The van der Waals surface area contributed by atoms with Crippen LogP contribution in [0.25, 0.3) is 0 Å². The second-order valence-corrected chi connectivity index (χ2v) is 12.1. The van der Waals surface area contributed by atoms with Gasteiger partial charge in [-0.2, -0.15) is 0 Å². The summed E-state index contributed by atoms with van der Waals surface area (Å²) in [6.07, 6.45) is 0.537. The summed E-state index contributed by atoms with van der Waals surface area (Å²) in [5.74, 6) is -2.27. The van der Waals surface area contributed by atoms with Crippen molar-refractivity contribution >= 4 is 45.3 Å². The maximum absolute atomic E-state index is 13.1. The van der Waals surface area contributed by atoms with Crippen LogP contribution in [-0.2, 0) is 9.59 Å². The standard InChI is InChI=1S/C28H36N2O8S2/c1-15(2)11-21(27(33)34)29-25(31)19-9-7-17(37-5)13-23(19)39-40-24-14-18(38-6)8-10-20(24)26(32)30-22(28(35)36)12-16(3)4/h7-10,13-16,21-22H,11-12H2,1-6H3,(H,29,31)(H,30,32)(H,33,34)(H,35,36). The molecule has 0 radical (unpaired) electrons. The average Bonchev–Trinajstić information content (AvgIpc) is 2.89. The van der Waals surface area contributed by atoms with Gasteiger partial charge in [-0.1, -0.05) is 49.3 Å². The minimum atomic E-state index is -1.12. The lowest BCUT2D eigenvalue weighted by Crippen LogP contribution is -2.41. The third kappa shape index (κ3) is 9.67. The Bertz CT molecular complexity index is 1130. The number of hydrogen-bond donors (Lipinski definition) is 4. The molecular weight excluding hydrogens is 556 g/mol. The summed E-state index contributed by atoms with van der Waals surface area (Å²) in [5, 5.41) is 24.3. The predicted octanol–water partition coefficient (Wildman–Crippen LogP) is 4.96. The first-order chi connectivity index (χ1) is 18.9. The Morgan fingerprint density at radius 3 is 1.32 bits per heavy atom. The number of benzene rings is 2. The lowest BCUT2D eigenvalue weighted by atomic mass is 10.0. The number of carboxylic acid groups (broad SMARTS) is 2. The fourth-order valence-electron chi connectivity index (χ4n) is 3.72. The average molecular weight is 593 g/mol. The van der Waals surface area contributed by atoms with Gasteiger partial charge in [-0.05, 0) is 61.1 Å². The lowest BCUT2D eigenvalue weighted by Gasteiger charge is -2.19.